The molecular weight excluding hydrogens is 876 g/mol. The van der Waals surface area contributed by atoms with Gasteiger partial charge in [0, 0.05) is 55.6 Å². The highest BCUT2D eigenvalue weighted by molar-refractivity contribution is 7.89. The van der Waals surface area contributed by atoms with Gasteiger partial charge in [-0.1, -0.05) is 6.07 Å². The minimum atomic E-state index is -5.21. The number of carbonyl (C=O) groups excluding carboxylic acids is 3. The molecule has 24 heteroatoms. The number of aromatic nitrogens is 4. The number of likely N-dealkylation sites (tertiary alicyclic amines) is 1. The predicted molar refractivity (Wildman–Crippen MR) is 223 cm³/mol. The van der Waals surface area contributed by atoms with Crippen LogP contribution in [0, 0.1) is 27.7 Å². The molecule has 4 aromatic heterocycles. The molecule has 3 aliphatic rings. The fraction of sp³-hybridized carbons (Fsp3) is 0.447. The number of aryl methyl sites for hydroxylation is 4. The molecule has 7 heterocycles. The van der Waals surface area contributed by atoms with E-state index < -0.39 is 45.1 Å². The number of carbonyl (C=O) groups is 3. The number of sulfonamides is 1. The number of thiophene rings is 2. The topological polar surface area (TPSA) is 241 Å². The van der Waals surface area contributed by atoms with Gasteiger partial charge >= 0.3 is 12.4 Å². The third kappa shape index (κ3) is 8.16. The van der Waals surface area contributed by atoms with E-state index in [1.54, 1.807) is 11.8 Å². The molecule has 5 aromatic rings. The molecule has 3 fully saturated rings. The Morgan fingerprint density at radius 1 is 0.806 bits per heavy atom. The van der Waals surface area contributed by atoms with Crippen molar-refractivity contribution in [2.24, 2.45) is 0 Å². The van der Waals surface area contributed by atoms with Crippen LogP contribution in [0.2, 0.25) is 0 Å². The Bertz CT molecular complexity index is 2750. The number of urea groups is 1. The van der Waals surface area contributed by atoms with Gasteiger partial charge in [-0.3, -0.25) is 9.59 Å². The molecule has 0 aliphatic carbocycles. The third-order valence-electron chi connectivity index (χ3n) is 11.5. The van der Waals surface area contributed by atoms with E-state index in [1.807, 2.05) is 20.8 Å². The zero-order valence-electron chi connectivity index (χ0n) is 33.8. The quantitative estimate of drug-likeness (QED) is 0.171. The summed E-state index contributed by atoms with van der Waals surface area (Å²) >= 11 is 2.19. The molecule has 3 atom stereocenters. The molecule has 0 spiro atoms. The summed E-state index contributed by atoms with van der Waals surface area (Å²) in [5.74, 6) is -1.87. The Morgan fingerprint density at radius 2 is 1.35 bits per heavy atom. The lowest BCUT2D eigenvalue weighted by Crippen LogP contribution is -2.49. The molecule has 3 saturated heterocycles. The summed E-state index contributed by atoms with van der Waals surface area (Å²) in [5, 5.41) is 23.6. The Balaban J connectivity index is 0.939. The van der Waals surface area contributed by atoms with Crippen LogP contribution >= 0.6 is 22.7 Å². The Morgan fingerprint density at radius 3 is 1.94 bits per heavy atom. The van der Waals surface area contributed by atoms with E-state index >= 15 is 0 Å². The van der Waals surface area contributed by atoms with Gasteiger partial charge < -0.3 is 41.4 Å². The first-order valence-electron chi connectivity index (χ1n) is 19.5. The number of hydrogen-bond donors (Lipinski definition) is 4. The second kappa shape index (κ2) is 16.4. The first-order valence-corrected chi connectivity index (χ1v) is 22.6. The lowest BCUT2D eigenvalue weighted by Gasteiger charge is -2.35. The number of fused-ring (bicyclic) bond motifs is 2. The summed E-state index contributed by atoms with van der Waals surface area (Å²) in [6, 6.07) is 1.85. The van der Waals surface area contributed by atoms with Crippen molar-refractivity contribution < 1.29 is 45.4 Å². The maximum absolute atomic E-state index is 14.1. The summed E-state index contributed by atoms with van der Waals surface area (Å²) in [5.41, 5.74) is 16.4. The molecule has 0 saturated carbocycles. The number of nitrogens with one attached hydrogen (secondary N) is 2. The van der Waals surface area contributed by atoms with Crippen LogP contribution in [0.5, 0.6) is 5.75 Å². The molecule has 6 N–H and O–H groups in total. The van der Waals surface area contributed by atoms with E-state index in [2.05, 4.69) is 35.8 Å². The van der Waals surface area contributed by atoms with Crippen molar-refractivity contribution in [3.8, 4) is 5.75 Å². The van der Waals surface area contributed by atoms with Crippen LogP contribution in [0.3, 0.4) is 0 Å². The molecule has 0 bridgehead atoms. The number of benzene rings is 1. The second-order valence-corrected chi connectivity index (χ2v) is 19.3. The number of nitrogens with zero attached hydrogens (tertiary/aromatic N) is 7. The van der Waals surface area contributed by atoms with Crippen molar-refractivity contribution in [2.45, 2.75) is 70.0 Å². The number of ether oxygens (including phenoxy) is 2. The van der Waals surface area contributed by atoms with E-state index in [4.69, 9.17) is 16.2 Å². The normalized spacial score (nSPS) is 20.0. The molecule has 330 valence electrons. The van der Waals surface area contributed by atoms with Gasteiger partial charge in [-0.25, -0.2) is 13.2 Å². The highest BCUT2D eigenvalue weighted by Crippen LogP contribution is 2.39. The monoisotopic (exact) mass is 917 g/mol. The molecule has 18 nitrogen and oxygen atoms in total. The van der Waals surface area contributed by atoms with Gasteiger partial charge in [0.1, 0.15) is 36.2 Å². The maximum atomic E-state index is 14.1. The van der Waals surface area contributed by atoms with E-state index in [0.717, 1.165) is 50.2 Å². The number of rotatable bonds is 8. The SMILES string of the molecule is Cc1nnc2sc(C(=O)NC3CCN(C(=O)N4CCOC(c5ccc(OC(F)(F)F)c(S(=O)(=O)N6CCC(NC(=O)c7sc8nnc(C)c(C)c8c7N)C6)c5)C4)C3)c(N)c2c1C. The second-order valence-electron chi connectivity index (χ2n) is 15.4. The van der Waals surface area contributed by atoms with Crippen LogP contribution in [0.25, 0.3) is 20.4 Å². The van der Waals surface area contributed by atoms with E-state index in [-0.39, 0.29) is 79.9 Å². The largest absolute Gasteiger partial charge is 0.573 e. The number of halogens is 3. The van der Waals surface area contributed by atoms with Crippen LogP contribution < -0.4 is 26.8 Å². The van der Waals surface area contributed by atoms with Gasteiger partial charge in [-0.2, -0.15) is 14.5 Å². The van der Waals surface area contributed by atoms with Crippen molar-refractivity contribution in [1.82, 2.24) is 45.1 Å². The first kappa shape index (κ1) is 43.2. The minimum Gasteiger partial charge on any atom is -0.404 e. The van der Waals surface area contributed by atoms with Gasteiger partial charge in [-0.05, 0) is 69.4 Å². The summed E-state index contributed by atoms with van der Waals surface area (Å²) in [4.78, 5) is 44.3. The summed E-state index contributed by atoms with van der Waals surface area (Å²) < 4.78 is 80.3. The number of alkyl halides is 3. The standard InChI is InChI=1S/C38H42F3N11O7S3/c1-17-19(3)46-48-35-27(17)29(42)31(60-35)33(53)44-22-7-9-50(14-22)37(55)51-11-12-58-25(16-51)21-5-6-24(59-38(39,40)41)26(13-21)62(56,57)52-10-8-23(15-52)45-34(54)32-30(43)28-18(2)20(4)47-49-36(28)61-32/h5-6,13,22-23,25H,7-12,14-16,42-43H2,1-4H3,(H,44,53)(H,45,54). The van der Waals surface area contributed by atoms with Gasteiger partial charge in [-0.15, -0.1) is 46.0 Å². The summed E-state index contributed by atoms with van der Waals surface area (Å²) in [6.07, 6.45) is -5.47. The smallest absolute Gasteiger partial charge is 0.404 e. The van der Waals surface area contributed by atoms with Gasteiger partial charge in [0.05, 0.1) is 35.9 Å². The number of amides is 4. The Labute approximate surface area is 360 Å². The Hall–Kier alpha value is -5.43. The van der Waals surface area contributed by atoms with Gasteiger partial charge in [0.25, 0.3) is 11.8 Å². The van der Waals surface area contributed by atoms with Crippen LogP contribution in [0.1, 0.15) is 66.4 Å². The fourth-order valence-electron chi connectivity index (χ4n) is 7.94. The van der Waals surface area contributed by atoms with Crippen molar-refractivity contribution in [2.75, 3.05) is 57.3 Å². The highest BCUT2D eigenvalue weighted by atomic mass is 32.2. The molecule has 0 radical (unpaired) electrons. The average molecular weight is 918 g/mol. The van der Waals surface area contributed by atoms with Gasteiger partial charge in [0.15, 0.2) is 0 Å². The molecular formula is C38H42F3N11O7S3. The van der Waals surface area contributed by atoms with E-state index in [1.165, 1.54) is 11.0 Å². The maximum Gasteiger partial charge on any atom is 0.573 e. The van der Waals surface area contributed by atoms with Crippen molar-refractivity contribution in [1.29, 1.82) is 0 Å². The van der Waals surface area contributed by atoms with Crippen LogP contribution in [-0.4, -0.2) is 125 Å². The van der Waals surface area contributed by atoms with E-state index in [9.17, 15) is 36.0 Å². The molecule has 3 aliphatic heterocycles. The zero-order chi connectivity index (χ0) is 44.4. The van der Waals surface area contributed by atoms with Crippen molar-refractivity contribution >= 4 is 82.4 Å². The molecule has 1 aromatic carbocycles. The van der Waals surface area contributed by atoms with Crippen molar-refractivity contribution in [3.05, 3.63) is 56.0 Å². The average Bonchev–Trinajstić information content (AvgIpc) is 4.03. The fourth-order valence-corrected chi connectivity index (χ4v) is 11.6. The third-order valence-corrected chi connectivity index (χ3v) is 15.5. The van der Waals surface area contributed by atoms with Crippen molar-refractivity contribution in [3.63, 3.8) is 0 Å². The molecule has 8 rings (SSSR count). The summed E-state index contributed by atoms with van der Waals surface area (Å²) in [6.45, 7) is 7.68. The van der Waals surface area contributed by atoms with E-state index in [0.29, 0.717) is 55.4 Å². The molecule has 3 unspecified atom stereocenters. The lowest BCUT2D eigenvalue weighted by atomic mass is 10.1. The number of nitrogen functional groups attached to an aromatic ring is 2. The highest BCUT2D eigenvalue weighted by Gasteiger charge is 2.40. The zero-order valence-corrected chi connectivity index (χ0v) is 36.3. The molecule has 62 heavy (non-hydrogen) atoms. The minimum absolute atomic E-state index is 0.0349. The lowest BCUT2D eigenvalue weighted by molar-refractivity contribution is -0.275. The molecule has 4 amide bonds. The number of hydrogen-bond acceptors (Lipinski definition) is 15. The number of morpholine rings is 1. The first-order chi connectivity index (χ1) is 29.3. The Kier molecular flexibility index (Phi) is 11.4. The summed E-state index contributed by atoms with van der Waals surface area (Å²) in [7, 11) is -4.65. The number of nitrogens with two attached hydrogens (primary N) is 2. The van der Waals surface area contributed by atoms with Crippen LogP contribution in [0.15, 0.2) is 23.1 Å². The number of anilines is 2. The van der Waals surface area contributed by atoms with Crippen LogP contribution in [-0.2, 0) is 14.8 Å². The van der Waals surface area contributed by atoms with Crippen LogP contribution in [0.4, 0.5) is 29.3 Å². The predicted octanol–water partition coefficient (Wildman–Crippen LogP) is 4.18. The van der Waals surface area contributed by atoms with Gasteiger partial charge in [0.2, 0.25) is 10.0 Å².